The van der Waals surface area contributed by atoms with Gasteiger partial charge in [-0.15, -0.1) is 0 Å². The zero-order valence-corrected chi connectivity index (χ0v) is 13.2. The minimum absolute atomic E-state index is 0.137. The normalized spacial score (nSPS) is 19.9. The van der Waals surface area contributed by atoms with Crippen molar-refractivity contribution >= 4 is 21.6 Å². The highest BCUT2D eigenvalue weighted by Gasteiger charge is 2.20. The molecule has 0 aliphatic carbocycles. The van der Waals surface area contributed by atoms with E-state index in [1.54, 1.807) is 6.07 Å². The molecule has 1 N–H and O–H groups in total. The van der Waals surface area contributed by atoms with E-state index < -0.39 is 0 Å². The fraction of sp³-hybridized carbons (Fsp3) is 0.571. The molecule has 1 fully saturated rings. The van der Waals surface area contributed by atoms with Crippen LogP contribution in [0.4, 0.5) is 5.69 Å². The number of nitrogens with zero attached hydrogens (tertiary/aromatic N) is 2. The lowest BCUT2D eigenvalue weighted by molar-refractivity contribution is -0.385. The molecule has 0 aromatic heterocycles. The standard InChI is InChI=1S/C14H20BrN3O2/c1-17(12-5-3-8-16-9-7-12)10-11-4-2-6-13(14(11)15)18(19)20/h2,4,6,12,16H,3,5,7-10H2,1H3. The van der Waals surface area contributed by atoms with Gasteiger partial charge in [-0.1, -0.05) is 12.1 Å². The van der Waals surface area contributed by atoms with Gasteiger partial charge in [-0.3, -0.25) is 15.0 Å². The summed E-state index contributed by atoms with van der Waals surface area (Å²) in [7, 11) is 2.10. The quantitative estimate of drug-likeness (QED) is 0.675. The third-order valence-corrected chi connectivity index (χ3v) is 4.76. The summed E-state index contributed by atoms with van der Waals surface area (Å²) in [6.07, 6.45) is 3.49. The van der Waals surface area contributed by atoms with E-state index in [1.165, 1.54) is 18.9 Å². The van der Waals surface area contributed by atoms with Crippen LogP contribution in [0.15, 0.2) is 22.7 Å². The fourth-order valence-electron chi connectivity index (χ4n) is 2.67. The van der Waals surface area contributed by atoms with E-state index in [4.69, 9.17) is 0 Å². The van der Waals surface area contributed by atoms with Crippen molar-refractivity contribution in [2.75, 3.05) is 20.1 Å². The molecule has 2 rings (SSSR count). The monoisotopic (exact) mass is 341 g/mol. The van der Waals surface area contributed by atoms with E-state index >= 15 is 0 Å². The molecule has 1 aliphatic heterocycles. The van der Waals surface area contributed by atoms with E-state index in [0.717, 1.165) is 31.6 Å². The summed E-state index contributed by atoms with van der Waals surface area (Å²) in [5.41, 5.74) is 1.11. The van der Waals surface area contributed by atoms with Crippen LogP contribution in [0.25, 0.3) is 0 Å². The molecule has 1 aromatic carbocycles. The topological polar surface area (TPSA) is 58.4 Å². The van der Waals surface area contributed by atoms with Crippen molar-refractivity contribution in [3.63, 3.8) is 0 Å². The van der Waals surface area contributed by atoms with Gasteiger partial charge in [0, 0.05) is 18.7 Å². The SMILES string of the molecule is CN(Cc1cccc([N+](=O)[O-])c1Br)C1CCCNCC1. The maximum atomic E-state index is 11.0. The Bertz CT molecular complexity index is 473. The average molecular weight is 342 g/mol. The molecule has 110 valence electrons. The van der Waals surface area contributed by atoms with Crippen molar-refractivity contribution in [3.05, 3.63) is 38.3 Å². The Morgan fingerprint density at radius 1 is 1.45 bits per heavy atom. The first-order valence-corrected chi connectivity index (χ1v) is 7.71. The molecule has 1 aromatic rings. The number of nitro groups is 1. The van der Waals surface area contributed by atoms with E-state index in [0.29, 0.717) is 10.5 Å². The second-order valence-corrected chi connectivity index (χ2v) is 6.05. The lowest BCUT2D eigenvalue weighted by atomic mass is 10.1. The molecule has 6 heteroatoms. The maximum absolute atomic E-state index is 11.0. The molecular formula is C14H20BrN3O2. The lowest BCUT2D eigenvalue weighted by Gasteiger charge is -2.27. The van der Waals surface area contributed by atoms with Gasteiger partial charge in [0.1, 0.15) is 0 Å². The largest absolute Gasteiger partial charge is 0.317 e. The zero-order chi connectivity index (χ0) is 14.5. The van der Waals surface area contributed by atoms with Gasteiger partial charge in [-0.2, -0.15) is 0 Å². The van der Waals surface area contributed by atoms with Crippen LogP contribution in [0.1, 0.15) is 24.8 Å². The van der Waals surface area contributed by atoms with Crippen molar-refractivity contribution in [2.24, 2.45) is 0 Å². The summed E-state index contributed by atoms with van der Waals surface area (Å²) in [4.78, 5) is 12.9. The van der Waals surface area contributed by atoms with Crippen LogP contribution in [0.3, 0.4) is 0 Å². The van der Waals surface area contributed by atoms with Gasteiger partial charge in [0.25, 0.3) is 5.69 Å². The van der Waals surface area contributed by atoms with Crippen molar-refractivity contribution in [1.29, 1.82) is 0 Å². The molecule has 1 heterocycles. The van der Waals surface area contributed by atoms with Crippen molar-refractivity contribution in [3.8, 4) is 0 Å². The minimum Gasteiger partial charge on any atom is -0.317 e. The predicted octanol–water partition coefficient (Wildman–Crippen LogP) is 2.93. The van der Waals surface area contributed by atoms with Crippen LogP contribution in [-0.4, -0.2) is 36.0 Å². The number of hydrogen-bond donors (Lipinski definition) is 1. The Balaban J connectivity index is 2.08. The van der Waals surface area contributed by atoms with E-state index in [2.05, 4.69) is 33.2 Å². The van der Waals surface area contributed by atoms with Crippen LogP contribution in [0, 0.1) is 10.1 Å². The third-order valence-electron chi connectivity index (χ3n) is 3.84. The first-order valence-electron chi connectivity index (χ1n) is 6.92. The number of nitrogens with one attached hydrogen (secondary N) is 1. The summed E-state index contributed by atoms with van der Waals surface area (Å²) in [5, 5.41) is 14.4. The Hall–Kier alpha value is -0.980. The first kappa shape index (κ1) is 15.4. The van der Waals surface area contributed by atoms with Gasteiger partial charge >= 0.3 is 0 Å². The number of hydrogen-bond acceptors (Lipinski definition) is 4. The fourth-order valence-corrected chi connectivity index (χ4v) is 3.20. The Labute approximate surface area is 127 Å². The van der Waals surface area contributed by atoms with Gasteiger partial charge in [-0.25, -0.2) is 0 Å². The summed E-state index contributed by atoms with van der Waals surface area (Å²) >= 11 is 3.37. The van der Waals surface area contributed by atoms with E-state index in [9.17, 15) is 10.1 Å². The maximum Gasteiger partial charge on any atom is 0.283 e. The van der Waals surface area contributed by atoms with Gasteiger partial charge in [-0.05, 0) is 60.9 Å². The average Bonchev–Trinajstić information content (AvgIpc) is 2.69. The van der Waals surface area contributed by atoms with E-state index in [1.807, 2.05) is 6.07 Å². The molecule has 5 nitrogen and oxygen atoms in total. The lowest BCUT2D eigenvalue weighted by Crippen LogP contribution is -2.32. The summed E-state index contributed by atoms with van der Waals surface area (Å²) in [6.45, 7) is 2.86. The molecule has 0 saturated carbocycles. The first-order chi connectivity index (χ1) is 9.59. The van der Waals surface area contributed by atoms with Crippen LogP contribution >= 0.6 is 15.9 Å². The number of nitro benzene ring substituents is 1. The minimum atomic E-state index is -0.344. The summed E-state index contributed by atoms with van der Waals surface area (Å²) in [5.74, 6) is 0. The molecule has 0 amide bonds. The highest BCUT2D eigenvalue weighted by molar-refractivity contribution is 9.10. The van der Waals surface area contributed by atoms with Gasteiger partial charge < -0.3 is 5.32 Å². The number of rotatable bonds is 4. The van der Waals surface area contributed by atoms with Crippen LogP contribution in [0.5, 0.6) is 0 Å². The van der Waals surface area contributed by atoms with Gasteiger partial charge in [0.15, 0.2) is 0 Å². The van der Waals surface area contributed by atoms with Crippen LogP contribution < -0.4 is 5.32 Å². The second-order valence-electron chi connectivity index (χ2n) is 5.26. The Morgan fingerprint density at radius 2 is 2.25 bits per heavy atom. The van der Waals surface area contributed by atoms with Crippen LogP contribution in [0.2, 0.25) is 0 Å². The molecule has 1 saturated heterocycles. The molecule has 1 unspecified atom stereocenters. The predicted molar refractivity (Wildman–Crippen MR) is 82.8 cm³/mol. The highest BCUT2D eigenvalue weighted by atomic mass is 79.9. The molecule has 0 radical (unpaired) electrons. The molecule has 0 bridgehead atoms. The number of benzene rings is 1. The molecule has 0 spiro atoms. The number of halogens is 1. The summed E-state index contributed by atoms with van der Waals surface area (Å²) in [6, 6.07) is 5.77. The Kier molecular flexibility index (Phi) is 5.51. The third kappa shape index (κ3) is 3.77. The Morgan fingerprint density at radius 3 is 3.00 bits per heavy atom. The van der Waals surface area contributed by atoms with Gasteiger partial charge in [0.05, 0.1) is 9.40 Å². The summed E-state index contributed by atoms with van der Waals surface area (Å²) < 4.78 is 0.601. The van der Waals surface area contributed by atoms with E-state index in [-0.39, 0.29) is 10.6 Å². The smallest absolute Gasteiger partial charge is 0.283 e. The highest BCUT2D eigenvalue weighted by Crippen LogP contribution is 2.29. The van der Waals surface area contributed by atoms with Crippen molar-refractivity contribution < 1.29 is 4.92 Å². The molecule has 20 heavy (non-hydrogen) atoms. The molecule has 1 atom stereocenters. The second kappa shape index (κ2) is 7.15. The molecule has 1 aliphatic rings. The molecular weight excluding hydrogens is 322 g/mol. The van der Waals surface area contributed by atoms with Crippen molar-refractivity contribution in [2.45, 2.75) is 31.8 Å². The van der Waals surface area contributed by atoms with Crippen LogP contribution in [-0.2, 0) is 6.54 Å². The zero-order valence-electron chi connectivity index (χ0n) is 11.6. The van der Waals surface area contributed by atoms with Gasteiger partial charge in [0.2, 0.25) is 0 Å². The van der Waals surface area contributed by atoms with Crippen molar-refractivity contribution in [1.82, 2.24) is 10.2 Å².